The van der Waals surface area contributed by atoms with Gasteiger partial charge in [-0.3, -0.25) is 9.78 Å². The van der Waals surface area contributed by atoms with Crippen LogP contribution in [0.25, 0.3) is 10.9 Å². The number of hydrogen-bond donors (Lipinski definition) is 1. The molecule has 3 nitrogen and oxygen atoms in total. The van der Waals surface area contributed by atoms with Crippen molar-refractivity contribution in [2.75, 3.05) is 0 Å². The minimum absolute atomic E-state index is 0.00271. The first-order valence-corrected chi connectivity index (χ1v) is 8.10. The fourth-order valence-corrected chi connectivity index (χ4v) is 3.35. The van der Waals surface area contributed by atoms with Gasteiger partial charge in [-0.15, -0.1) is 11.3 Å². The van der Waals surface area contributed by atoms with Gasteiger partial charge in [0.25, 0.3) is 5.91 Å². The van der Waals surface area contributed by atoms with Crippen LogP contribution < -0.4 is 5.32 Å². The Bertz CT molecular complexity index is 838. The van der Waals surface area contributed by atoms with E-state index >= 15 is 0 Å². The normalized spacial score (nSPS) is 12.3. The third kappa shape index (κ3) is 2.88. The Morgan fingerprint density at radius 1 is 1.18 bits per heavy atom. The van der Waals surface area contributed by atoms with Crippen LogP contribution in [-0.2, 0) is 0 Å². The summed E-state index contributed by atoms with van der Waals surface area (Å²) in [5, 5.41) is 4.05. The van der Waals surface area contributed by atoms with Crippen molar-refractivity contribution in [3.8, 4) is 0 Å². The zero-order valence-corrected chi connectivity index (χ0v) is 13.7. The van der Waals surface area contributed by atoms with Crippen molar-refractivity contribution in [1.82, 2.24) is 10.3 Å². The van der Waals surface area contributed by atoms with Gasteiger partial charge in [0, 0.05) is 15.1 Å². The van der Waals surface area contributed by atoms with E-state index in [1.165, 1.54) is 4.88 Å². The molecule has 0 fully saturated rings. The highest BCUT2D eigenvalue weighted by Gasteiger charge is 2.16. The maximum absolute atomic E-state index is 12.6. The van der Waals surface area contributed by atoms with Crippen molar-refractivity contribution < 1.29 is 4.79 Å². The zero-order chi connectivity index (χ0) is 15.7. The molecule has 0 radical (unpaired) electrons. The van der Waals surface area contributed by atoms with Gasteiger partial charge in [-0.1, -0.05) is 18.2 Å². The molecule has 0 aliphatic heterocycles. The Labute approximate surface area is 134 Å². The first-order valence-electron chi connectivity index (χ1n) is 7.28. The van der Waals surface area contributed by atoms with Gasteiger partial charge in [0.15, 0.2) is 0 Å². The number of rotatable bonds is 3. The smallest absolute Gasteiger partial charge is 0.253 e. The number of aryl methyl sites for hydroxylation is 2. The summed E-state index contributed by atoms with van der Waals surface area (Å²) in [5.74, 6) is -0.0747. The number of aromatic nitrogens is 1. The molecule has 3 rings (SSSR count). The molecule has 112 valence electrons. The molecule has 1 amide bonds. The standard InChI is InChI=1S/C18H18N2OS/c1-11-8-9-17(22-11)13(3)20-18(21)15-10-14-6-4-5-7-16(14)19-12(15)2/h4-10,13H,1-3H3,(H,20,21). The lowest BCUT2D eigenvalue weighted by atomic mass is 10.1. The van der Waals surface area contributed by atoms with Crippen LogP contribution in [0.5, 0.6) is 0 Å². The first-order chi connectivity index (χ1) is 10.5. The predicted molar refractivity (Wildman–Crippen MR) is 91.4 cm³/mol. The van der Waals surface area contributed by atoms with Gasteiger partial charge in [0.1, 0.15) is 0 Å². The summed E-state index contributed by atoms with van der Waals surface area (Å²) in [5.41, 5.74) is 2.31. The third-order valence-electron chi connectivity index (χ3n) is 3.69. The summed E-state index contributed by atoms with van der Waals surface area (Å²) in [6.07, 6.45) is 0. The van der Waals surface area contributed by atoms with Crippen molar-refractivity contribution in [2.24, 2.45) is 0 Å². The Balaban J connectivity index is 1.87. The maximum Gasteiger partial charge on any atom is 0.253 e. The number of fused-ring (bicyclic) bond motifs is 1. The summed E-state index contributed by atoms with van der Waals surface area (Å²) < 4.78 is 0. The van der Waals surface area contributed by atoms with Crippen molar-refractivity contribution in [2.45, 2.75) is 26.8 Å². The number of carbonyl (C=O) groups is 1. The molecule has 1 atom stereocenters. The van der Waals surface area contributed by atoms with Crippen molar-refractivity contribution in [3.05, 3.63) is 63.5 Å². The van der Waals surface area contributed by atoms with Gasteiger partial charge in [-0.2, -0.15) is 0 Å². The second-order valence-electron chi connectivity index (χ2n) is 5.46. The molecule has 0 aliphatic rings. The van der Waals surface area contributed by atoms with Gasteiger partial charge in [-0.25, -0.2) is 0 Å². The molecule has 0 saturated carbocycles. The van der Waals surface area contributed by atoms with Gasteiger partial charge in [0.05, 0.1) is 22.8 Å². The first kappa shape index (κ1) is 14.7. The average molecular weight is 310 g/mol. The van der Waals surface area contributed by atoms with Crippen LogP contribution in [0.1, 0.15) is 38.8 Å². The topological polar surface area (TPSA) is 42.0 Å². The number of pyridine rings is 1. The molecule has 2 heterocycles. The van der Waals surface area contributed by atoms with E-state index in [1.807, 2.05) is 44.2 Å². The van der Waals surface area contributed by atoms with E-state index in [2.05, 4.69) is 29.4 Å². The Morgan fingerprint density at radius 3 is 2.68 bits per heavy atom. The Kier molecular flexibility index (Phi) is 3.94. The van der Waals surface area contributed by atoms with E-state index in [0.29, 0.717) is 5.56 Å². The van der Waals surface area contributed by atoms with Crippen LogP contribution in [0.3, 0.4) is 0 Å². The van der Waals surface area contributed by atoms with Gasteiger partial charge in [-0.05, 0) is 45.0 Å². The molecule has 0 saturated heterocycles. The highest BCUT2D eigenvalue weighted by molar-refractivity contribution is 7.12. The number of thiophene rings is 1. The Morgan fingerprint density at radius 2 is 1.95 bits per heavy atom. The molecule has 1 N–H and O–H groups in total. The van der Waals surface area contributed by atoms with Crippen LogP contribution in [0, 0.1) is 13.8 Å². The maximum atomic E-state index is 12.6. The molecule has 0 aliphatic carbocycles. The largest absolute Gasteiger partial charge is 0.345 e. The van der Waals surface area contributed by atoms with Crippen LogP contribution in [0.15, 0.2) is 42.5 Å². The highest BCUT2D eigenvalue weighted by Crippen LogP contribution is 2.23. The molecule has 1 unspecified atom stereocenters. The van der Waals surface area contributed by atoms with Crippen molar-refractivity contribution in [1.29, 1.82) is 0 Å². The summed E-state index contributed by atoms with van der Waals surface area (Å²) in [7, 11) is 0. The van der Waals surface area contributed by atoms with E-state index in [9.17, 15) is 4.79 Å². The highest BCUT2D eigenvalue weighted by atomic mass is 32.1. The molecule has 3 aromatic rings. The SMILES string of the molecule is Cc1ccc(C(C)NC(=O)c2cc3ccccc3nc2C)s1. The van der Waals surface area contributed by atoms with E-state index in [-0.39, 0.29) is 11.9 Å². The number of nitrogens with one attached hydrogen (secondary N) is 1. The molecule has 1 aromatic carbocycles. The number of amides is 1. The second-order valence-corrected chi connectivity index (χ2v) is 6.78. The average Bonchev–Trinajstić information content (AvgIpc) is 2.93. The van der Waals surface area contributed by atoms with Gasteiger partial charge in [0.2, 0.25) is 0 Å². The lowest BCUT2D eigenvalue weighted by Gasteiger charge is -2.14. The zero-order valence-electron chi connectivity index (χ0n) is 12.9. The monoisotopic (exact) mass is 310 g/mol. The molecule has 22 heavy (non-hydrogen) atoms. The number of para-hydroxylation sites is 1. The number of benzene rings is 1. The van der Waals surface area contributed by atoms with Crippen molar-refractivity contribution >= 4 is 28.1 Å². The van der Waals surface area contributed by atoms with Crippen LogP contribution in [-0.4, -0.2) is 10.9 Å². The van der Waals surface area contributed by atoms with Crippen molar-refractivity contribution in [3.63, 3.8) is 0 Å². The van der Waals surface area contributed by atoms with Crippen LogP contribution in [0.4, 0.5) is 0 Å². The predicted octanol–water partition coefficient (Wildman–Crippen LogP) is 4.40. The summed E-state index contributed by atoms with van der Waals surface area (Å²) in [6.45, 7) is 5.95. The summed E-state index contributed by atoms with van der Waals surface area (Å²) >= 11 is 1.71. The van der Waals surface area contributed by atoms with Crippen LogP contribution in [0.2, 0.25) is 0 Å². The Hall–Kier alpha value is -2.20. The molecule has 4 heteroatoms. The minimum Gasteiger partial charge on any atom is -0.345 e. The fourth-order valence-electron chi connectivity index (χ4n) is 2.47. The fraction of sp³-hybridized carbons (Fsp3) is 0.222. The molecule has 2 aromatic heterocycles. The summed E-state index contributed by atoms with van der Waals surface area (Å²) in [4.78, 5) is 19.5. The molecular weight excluding hydrogens is 292 g/mol. The van der Waals surface area contributed by atoms with E-state index in [1.54, 1.807) is 11.3 Å². The summed E-state index contributed by atoms with van der Waals surface area (Å²) in [6, 6.07) is 13.9. The van der Waals surface area contributed by atoms with Gasteiger partial charge < -0.3 is 5.32 Å². The van der Waals surface area contributed by atoms with E-state index in [4.69, 9.17) is 0 Å². The quantitative estimate of drug-likeness (QED) is 0.779. The van der Waals surface area contributed by atoms with E-state index < -0.39 is 0 Å². The van der Waals surface area contributed by atoms with Gasteiger partial charge >= 0.3 is 0 Å². The number of carbonyl (C=O) groups excluding carboxylic acids is 1. The molecule has 0 bridgehead atoms. The van der Waals surface area contributed by atoms with E-state index in [0.717, 1.165) is 21.5 Å². The molecule has 0 spiro atoms. The molecular formula is C18H18N2OS. The third-order valence-corrected chi connectivity index (χ3v) is 4.88. The lowest BCUT2D eigenvalue weighted by Crippen LogP contribution is -2.27. The minimum atomic E-state index is -0.0747. The second kappa shape index (κ2) is 5.89. The number of nitrogens with zero attached hydrogens (tertiary/aromatic N) is 1. The number of hydrogen-bond acceptors (Lipinski definition) is 3. The van der Waals surface area contributed by atoms with Crippen LogP contribution >= 0.6 is 11.3 Å². The lowest BCUT2D eigenvalue weighted by molar-refractivity contribution is 0.0939.